The van der Waals surface area contributed by atoms with E-state index in [2.05, 4.69) is 5.32 Å². The van der Waals surface area contributed by atoms with Crippen molar-refractivity contribution >= 4 is 40.3 Å². The fourth-order valence-corrected chi connectivity index (χ4v) is 3.32. The Kier molecular flexibility index (Phi) is 5.33. The van der Waals surface area contributed by atoms with Crippen LogP contribution < -0.4 is 10.1 Å². The van der Waals surface area contributed by atoms with Gasteiger partial charge in [0.1, 0.15) is 16.7 Å². The number of hydrogen-bond acceptors (Lipinski definition) is 4. The summed E-state index contributed by atoms with van der Waals surface area (Å²) in [7, 11) is 0. The van der Waals surface area contributed by atoms with E-state index in [-0.39, 0.29) is 18.3 Å². The zero-order valence-electron chi connectivity index (χ0n) is 13.2. The normalized spacial score (nSPS) is 16.0. The van der Waals surface area contributed by atoms with Crippen LogP contribution >= 0.6 is 24.0 Å². The van der Waals surface area contributed by atoms with Crippen LogP contribution in [0.15, 0.2) is 53.4 Å². The molecule has 2 aromatic carbocycles. The molecule has 0 atom stereocenters. The Morgan fingerprint density at radius 1 is 1.15 bits per heavy atom. The van der Waals surface area contributed by atoms with Crippen molar-refractivity contribution in [1.82, 2.24) is 5.32 Å². The van der Waals surface area contributed by atoms with E-state index in [1.165, 1.54) is 23.9 Å². The van der Waals surface area contributed by atoms with Gasteiger partial charge in [-0.15, -0.1) is 0 Å². The lowest BCUT2D eigenvalue weighted by Gasteiger charge is -2.10. The number of carbonyl (C=O) groups is 1. The first kappa shape index (κ1) is 18.5. The first-order valence-electron chi connectivity index (χ1n) is 7.45. The summed E-state index contributed by atoms with van der Waals surface area (Å²) in [6, 6.07) is 11.9. The van der Waals surface area contributed by atoms with Crippen LogP contribution in [0.5, 0.6) is 5.75 Å². The van der Waals surface area contributed by atoms with Gasteiger partial charge in [0.05, 0.1) is 10.5 Å². The second-order valence-electron chi connectivity index (χ2n) is 5.41. The smallest absolute Gasteiger partial charge is 0.416 e. The van der Waals surface area contributed by atoms with Crippen LogP contribution in [0.3, 0.4) is 0 Å². The van der Waals surface area contributed by atoms with Gasteiger partial charge in [-0.05, 0) is 41.5 Å². The van der Waals surface area contributed by atoms with Gasteiger partial charge in [0.2, 0.25) is 0 Å². The molecule has 0 aliphatic carbocycles. The topological polar surface area (TPSA) is 38.3 Å². The molecule has 1 heterocycles. The summed E-state index contributed by atoms with van der Waals surface area (Å²) in [5.41, 5.74) is 0.786. The Hall–Kier alpha value is -2.32. The molecule has 0 spiro atoms. The van der Waals surface area contributed by atoms with Crippen LogP contribution in [-0.4, -0.2) is 10.2 Å². The van der Waals surface area contributed by atoms with Crippen molar-refractivity contribution < 1.29 is 22.7 Å². The Balaban J connectivity index is 1.71. The average molecular weight is 395 g/mol. The summed E-state index contributed by atoms with van der Waals surface area (Å²) in [6.45, 7) is 0.107. The zero-order valence-corrected chi connectivity index (χ0v) is 14.8. The van der Waals surface area contributed by atoms with Crippen molar-refractivity contribution in [1.29, 1.82) is 0 Å². The monoisotopic (exact) mass is 395 g/mol. The maximum atomic E-state index is 12.7. The maximum absolute atomic E-state index is 12.7. The molecule has 1 saturated heterocycles. The van der Waals surface area contributed by atoms with E-state index in [1.54, 1.807) is 24.3 Å². The van der Waals surface area contributed by atoms with Crippen molar-refractivity contribution in [3.63, 3.8) is 0 Å². The molecule has 3 nitrogen and oxygen atoms in total. The number of hydrogen-bond donors (Lipinski definition) is 1. The highest BCUT2D eigenvalue weighted by molar-refractivity contribution is 8.26. The van der Waals surface area contributed by atoms with E-state index < -0.39 is 11.7 Å². The third kappa shape index (κ3) is 4.64. The van der Waals surface area contributed by atoms with Crippen LogP contribution in [0, 0.1) is 0 Å². The SMILES string of the molecule is O=C1NC(=S)SC1=Cc1cccc(COc2cccc(C(F)(F)F)c2)c1. The molecule has 0 aromatic heterocycles. The number of halogens is 3. The van der Waals surface area contributed by atoms with E-state index in [0.29, 0.717) is 9.23 Å². The number of nitrogens with one attached hydrogen (secondary N) is 1. The van der Waals surface area contributed by atoms with Gasteiger partial charge in [-0.3, -0.25) is 4.79 Å². The average Bonchev–Trinajstić information content (AvgIpc) is 2.90. The number of carbonyl (C=O) groups excluding carboxylic acids is 1. The minimum absolute atomic E-state index is 0.107. The Bertz CT molecular complexity index is 894. The highest BCUT2D eigenvalue weighted by atomic mass is 32.2. The van der Waals surface area contributed by atoms with E-state index in [9.17, 15) is 18.0 Å². The van der Waals surface area contributed by atoms with Gasteiger partial charge in [-0.1, -0.05) is 48.2 Å². The second-order valence-corrected chi connectivity index (χ2v) is 7.13. The zero-order chi connectivity index (χ0) is 18.7. The van der Waals surface area contributed by atoms with Gasteiger partial charge in [0.15, 0.2) is 0 Å². The molecule has 0 bridgehead atoms. The largest absolute Gasteiger partial charge is 0.489 e. The van der Waals surface area contributed by atoms with E-state index in [1.807, 2.05) is 6.07 Å². The van der Waals surface area contributed by atoms with Gasteiger partial charge < -0.3 is 10.1 Å². The number of benzene rings is 2. The minimum Gasteiger partial charge on any atom is -0.489 e. The minimum atomic E-state index is -4.41. The number of thioether (sulfide) groups is 1. The quantitative estimate of drug-likeness (QED) is 0.598. The van der Waals surface area contributed by atoms with Crippen molar-refractivity contribution in [2.75, 3.05) is 0 Å². The summed E-state index contributed by atoms with van der Waals surface area (Å²) in [5, 5.41) is 2.54. The van der Waals surface area contributed by atoms with Gasteiger partial charge in [-0.2, -0.15) is 13.2 Å². The lowest BCUT2D eigenvalue weighted by Crippen LogP contribution is -2.17. The molecule has 0 unspecified atom stereocenters. The van der Waals surface area contributed by atoms with Crippen LogP contribution in [-0.2, 0) is 17.6 Å². The molecule has 1 amide bonds. The number of alkyl halides is 3. The van der Waals surface area contributed by atoms with E-state index in [0.717, 1.165) is 23.3 Å². The Morgan fingerprint density at radius 3 is 2.62 bits per heavy atom. The molecule has 26 heavy (non-hydrogen) atoms. The number of ether oxygens (including phenoxy) is 1. The molecule has 3 rings (SSSR count). The highest BCUT2D eigenvalue weighted by Gasteiger charge is 2.30. The van der Waals surface area contributed by atoms with Gasteiger partial charge in [-0.25, -0.2) is 0 Å². The van der Waals surface area contributed by atoms with Crippen molar-refractivity contribution in [3.8, 4) is 5.75 Å². The molecular formula is C18H12F3NO2S2. The summed E-state index contributed by atoms with van der Waals surface area (Å²) >= 11 is 6.12. The molecule has 1 fully saturated rings. The first-order valence-corrected chi connectivity index (χ1v) is 8.67. The number of rotatable bonds is 4. The van der Waals surface area contributed by atoms with Crippen molar-refractivity contribution in [3.05, 3.63) is 70.1 Å². The van der Waals surface area contributed by atoms with E-state index in [4.69, 9.17) is 17.0 Å². The fraction of sp³-hybridized carbons (Fsp3) is 0.111. The Morgan fingerprint density at radius 2 is 1.92 bits per heavy atom. The lowest BCUT2D eigenvalue weighted by molar-refractivity contribution is -0.137. The molecule has 134 valence electrons. The first-order chi connectivity index (χ1) is 12.3. The van der Waals surface area contributed by atoms with Crippen LogP contribution in [0.4, 0.5) is 13.2 Å². The Labute approximate surface area is 157 Å². The van der Waals surface area contributed by atoms with Gasteiger partial charge in [0.25, 0.3) is 5.91 Å². The number of amides is 1. The summed E-state index contributed by atoms with van der Waals surface area (Å²) in [5.74, 6) is -0.106. The van der Waals surface area contributed by atoms with Gasteiger partial charge >= 0.3 is 6.18 Å². The molecule has 8 heteroatoms. The third-order valence-electron chi connectivity index (χ3n) is 3.46. The fourth-order valence-electron chi connectivity index (χ4n) is 2.27. The molecule has 1 aliphatic heterocycles. The second kappa shape index (κ2) is 7.51. The van der Waals surface area contributed by atoms with E-state index >= 15 is 0 Å². The highest BCUT2D eigenvalue weighted by Crippen LogP contribution is 2.31. The summed E-state index contributed by atoms with van der Waals surface area (Å²) in [4.78, 5) is 12.2. The van der Waals surface area contributed by atoms with Crippen LogP contribution in [0.25, 0.3) is 6.08 Å². The molecule has 0 radical (unpaired) electrons. The molecule has 2 aromatic rings. The van der Waals surface area contributed by atoms with Crippen LogP contribution in [0.1, 0.15) is 16.7 Å². The van der Waals surface area contributed by atoms with Gasteiger partial charge in [0, 0.05) is 0 Å². The lowest BCUT2D eigenvalue weighted by atomic mass is 10.1. The summed E-state index contributed by atoms with van der Waals surface area (Å²) < 4.78 is 44.1. The maximum Gasteiger partial charge on any atom is 0.416 e. The summed E-state index contributed by atoms with van der Waals surface area (Å²) in [6.07, 6.45) is -2.71. The van der Waals surface area contributed by atoms with Crippen LogP contribution in [0.2, 0.25) is 0 Å². The number of thiocarbonyl (C=S) groups is 1. The molecule has 1 aliphatic rings. The molecule has 0 saturated carbocycles. The predicted molar refractivity (Wildman–Crippen MR) is 98.5 cm³/mol. The molecule has 1 N–H and O–H groups in total. The standard InChI is InChI=1S/C18H12F3NO2S2/c19-18(20,21)13-5-2-6-14(9-13)24-10-12-4-1-3-11(7-12)8-15-16(23)22-17(25)26-15/h1-9H,10H2,(H,22,23,25). The van der Waals surface area contributed by atoms with Crippen molar-refractivity contribution in [2.45, 2.75) is 12.8 Å². The third-order valence-corrected chi connectivity index (χ3v) is 4.62. The van der Waals surface area contributed by atoms with Crippen molar-refractivity contribution in [2.24, 2.45) is 0 Å². The predicted octanol–water partition coefficient (Wildman–Crippen LogP) is 4.77. The molecular weight excluding hydrogens is 383 g/mol.